The molecule has 0 bridgehead atoms. The molecule has 0 aliphatic carbocycles. The average molecular weight is 205 g/mol. The van der Waals surface area contributed by atoms with E-state index in [0.29, 0.717) is 6.04 Å². The number of benzene rings is 1. The zero-order chi connectivity index (χ0) is 11.6. The minimum absolute atomic E-state index is 0.296. The predicted molar refractivity (Wildman–Crippen MR) is 67.4 cm³/mol. The summed E-state index contributed by atoms with van der Waals surface area (Å²) in [6, 6.07) is 2.57. The third-order valence-electron chi connectivity index (χ3n) is 3.37. The lowest BCUT2D eigenvalue weighted by Crippen LogP contribution is -2.16. The number of nitrogens with two attached hydrogens (primary N) is 1. The highest BCUT2D eigenvalue weighted by molar-refractivity contribution is 5.44. The lowest BCUT2D eigenvalue weighted by atomic mass is 9.91. The molecule has 1 unspecified atom stereocenters. The average Bonchev–Trinajstić information content (AvgIpc) is 2.14. The molecule has 0 amide bonds. The number of aryl methyl sites for hydroxylation is 2. The summed E-state index contributed by atoms with van der Waals surface area (Å²) >= 11 is 0. The van der Waals surface area contributed by atoms with Gasteiger partial charge in [-0.25, -0.2) is 0 Å². The van der Waals surface area contributed by atoms with E-state index in [-0.39, 0.29) is 0 Å². The largest absolute Gasteiger partial charge is 0.328 e. The van der Waals surface area contributed by atoms with Crippen LogP contribution in [0, 0.1) is 27.7 Å². The molecule has 0 aliphatic heterocycles. The molecule has 1 heteroatoms. The lowest BCUT2D eigenvalue weighted by molar-refractivity contribution is 0.662. The fourth-order valence-electron chi connectivity index (χ4n) is 2.05. The zero-order valence-corrected chi connectivity index (χ0v) is 10.6. The van der Waals surface area contributed by atoms with Gasteiger partial charge in [-0.3, -0.25) is 0 Å². The van der Waals surface area contributed by atoms with Crippen LogP contribution >= 0.6 is 0 Å². The Morgan fingerprint density at radius 1 is 1.07 bits per heavy atom. The number of hydrogen-bond donors (Lipinski definition) is 1. The van der Waals surface area contributed by atoms with E-state index in [1.54, 1.807) is 0 Å². The number of hydrogen-bond acceptors (Lipinski definition) is 1. The normalized spacial score (nSPS) is 12.9. The van der Waals surface area contributed by atoms with Crippen LogP contribution in [0.4, 0.5) is 0 Å². The smallest absolute Gasteiger partial charge is 0.00136 e. The molecule has 1 nitrogen and oxygen atoms in total. The van der Waals surface area contributed by atoms with Gasteiger partial charge in [0.1, 0.15) is 0 Å². The zero-order valence-electron chi connectivity index (χ0n) is 10.6. The van der Waals surface area contributed by atoms with Gasteiger partial charge >= 0.3 is 0 Å². The van der Waals surface area contributed by atoms with Gasteiger partial charge in [0.2, 0.25) is 0 Å². The molecule has 1 aromatic rings. The van der Waals surface area contributed by atoms with Gasteiger partial charge in [0.25, 0.3) is 0 Å². The van der Waals surface area contributed by atoms with Crippen molar-refractivity contribution in [2.45, 2.75) is 53.5 Å². The van der Waals surface area contributed by atoms with Gasteiger partial charge in [0.05, 0.1) is 0 Å². The van der Waals surface area contributed by atoms with E-state index in [2.05, 4.69) is 40.7 Å². The highest BCUT2D eigenvalue weighted by atomic mass is 14.6. The van der Waals surface area contributed by atoms with Crippen molar-refractivity contribution in [2.24, 2.45) is 5.73 Å². The first kappa shape index (κ1) is 12.3. The van der Waals surface area contributed by atoms with Crippen LogP contribution in [-0.2, 0) is 6.42 Å². The Bertz CT molecular complexity index is 325. The second-order valence-corrected chi connectivity index (χ2v) is 4.75. The van der Waals surface area contributed by atoms with E-state index < -0.39 is 0 Å². The summed E-state index contributed by atoms with van der Waals surface area (Å²) < 4.78 is 0. The molecule has 2 N–H and O–H groups in total. The topological polar surface area (TPSA) is 26.0 Å². The molecule has 1 aromatic carbocycles. The van der Waals surface area contributed by atoms with Crippen LogP contribution in [0.5, 0.6) is 0 Å². The van der Waals surface area contributed by atoms with Gasteiger partial charge in [0, 0.05) is 6.04 Å². The quantitative estimate of drug-likeness (QED) is 0.805. The SMILES string of the molecule is Cc1cc(C)c(C)c(CCC(C)N)c1C. The van der Waals surface area contributed by atoms with Gasteiger partial charge in [-0.1, -0.05) is 6.07 Å². The van der Waals surface area contributed by atoms with Crippen molar-refractivity contribution in [1.82, 2.24) is 0 Å². The molecule has 84 valence electrons. The van der Waals surface area contributed by atoms with E-state index in [0.717, 1.165) is 12.8 Å². The standard InChI is InChI=1S/C14H23N/c1-9-8-10(2)13(5)14(12(9)4)7-6-11(3)15/h8,11H,6-7,15H2,1-5H3. The first-order valence-electron chi connectivity index (χ1n) is 5.75. The molecule has 0 aliphatic rings. The Kier molecular flexibility index (Phi) is 3.92. The molecule has 0 heterocycles. The Labute approximate surface area is 93.7 Å². The van der Waals surface area contributed by atoms with Crippen LogP contribution in [0.1, 0.15) is 41.2 Å². The van der Waals surface area contributed by atoms with Crippen LogP contribution in [0.3, 0.4) is 0 Å². The van der Waals surface area contributed by atoms with Crippen LogP contribution in [0.15, 0.2) is 6.07 Å². The monoisotopic (exact) mass is 205 g/mol. The maximum Gasteiger partial charge on any atom is 0.00136 e. The van der Waals surface area contributed by atoms with E-state index in [9.17, 15) is 0 Å². The second-order valence-electron chi connectivity index (χ2n) is 4.75. The van der Waals surface area contributed by atoms with Gasteiger partial charge in [-0.05, 0) is 75.3 Å². The van der Waals surface area contributed by atoms with Crippen molar-refractivity contribution in [3.8, 4) is 0 Å². The minimum Gasteiger partial charge on any atom is -0.328 e. The van der Waals surface area contributed by atoms with Crippen molar-refractivity contribution < 1.29 is 0 Å². The lowest BCUT2D eigenvalue weighted by Gasteiger charge is -2.16. The van der Waals surface area contributed by atoms with Gasteiger partial charge in [-0.2, -0.15) is 0 Å². The van der Waals surface area contributed by atoms with Crippen LogP contribution < -0.4 is 5.73 Å². The van der Waals surface area contributed by atoms with Gasteiger partial charge < -0.3 is 5.73 Å². The molecule has 0 spiro atoms. The van der Waals surface area contributed by atoms with Crippen molar-refractivity contribution in [1.29, 1.82) is 0 Å². The van der Waals surface area contributed by atoms with Gasteiger partial charge in [0.15, 0.2) is 0 Å². The third-order valence-corrected chi connectivity index (χ3v) is 3.37. The van der Waals surface area contributed by atoms with Crippen LogP contribution in [-0.4, -0.2) is 6.04 Å². The van der Waals surface area contributed by atoms with Crippen molar-refractivity contribution in [3.05, 3.63) is 33.9 Å². The summed E-state index contributed by atoms with van der Waals surface area (Å²) in [6.45, 7) is 10.9. The predicted octanol–water partition coefficient (Wildman–Crippen LogP) is 3.20. The van der Waals surface area contributed by atoms with E-state index in [4.69, 9.17) is 5.73 Å². The molecule has 0 fully saturated rings. The Hall–Kier alpha value is -0.820. The Balaban J connectivity index is 3.04. The molecule has 0 saturated carbocycles. The van der Waals surface area contributed by atoms with Crippen molar-refractivity contribution >= 4 is 0 Å². The van der Waals surface area contributed by atoms with Crippen molar-refractivity contribution in [3.63, 3.8) is 0 Å². The molecule has 1 rings (SSSR count). The summed E-state index contributed by atoms with van der Waals surface area (Å²) in [7, 11) is 0. The van der Waals surface area contributed by atoms with E-state index in [1.807, 2.05) is 0 Å². The summed E-state index contributed by atoms with van der Waals surface area (Å²) in [6.07, 6.45) is 2.18. The summed E-state index contributed by atoms with van der Waals surface area (Å²) in [5.74, 6) is 0. The van der Waals surface area contributed by atoms with E-state index >= 15 is 0 Å². The van der Waals surface area contributed by atoms with E-state index in [1.165, 1.54) is 27.8 Å². The summed E-state index contributed by atoms with van der Waals surface area (Å²) in [5, 5.41) is 0. The molecular formula is C14H23N. The van der Waals surface area contributed by atoms with Gasteiger partial charge in [-0.15, -0.1) is 0 Å². The molecule has 0 aromatic heterocycles. The Morgan fingerprint density at radius 2 is 1.53 bits per heavy atom. The highest BCUT2D eigenvalue weighted by Crippen LogP contribution is 2.23. The molecule has 0 saturated heterocycles. The first-order valence-corrected chi connectivity index (χ1v) is 5.75. The molecule has 0 radical (unpaired) electrons. The fraction of sp³-hybridized carbons (Fsp3) is 0.571. The maximum absolute atomic E-state index is 5.82. The molecule has 15 heavy (non-hydrogen) atoms. The second kappa shape index (κ2) is 4.80. The van der Waals surface area contributed by atoms with Crippen molar-refractivity contribution in [2.75, 3.05) is 0 Å². The highest BCUT2D eigenvalue weighted by Gasteiger charge is 2.08. The summed E-state index contributed by atoms with van der Waals surface area (Å²) in [4.78, 5) is 0. The first-order chi connectivity index (χ1) is 6.93. The Morgan fingerprint density at radius 3 is 1.93 bits per heavy atom. The third kappa shape index (κ3) is 2.82. The summed E-state index contributed by atoms with van der Waals surface area (Å²) in [5.41, 5.74) is 13.0. The molecular weight excluding hydrogens is 182 g/mol. The molecule has 1 atom stereocenters. The minimum atomic E-state index is 0.296. The van der Waals surface area contributed by atoms with Crippen LogP contribution in [0.2, 0.25) is 0 Å². The maximum atomic E-state index is 5.82. The fourth-order valence-corrected chi connectivity index (χ4v) is 2.05. The van der Waals surface area contributed by atoms with Crippen LogP contribution in [0.25, 0.3) is 0 Å². The number of rotatable bonds is 3.